The van der Waals surface area contributed by atoms with Crippen LogP contribution in [0.4, 0.5) is 4.39 Å². The summed E-state index contributed by atoms with van der Waals surface area (Å²) in [6.45, 7) is 0.710. The van der Waals surface area contributed by atoms with Crippen molar-refractivity contribution in [3.05, 3.63) is 35.1 Å². The molecule has 0 heterocycles. The first-order valence-electron chi connectivity index (χ1n) is 8.01. The van der Waals surface area contributed by atoms with Gasteiger partial charge < -0.3 is 15.8 Å². The highest BCUT2D eigenvalue weighted by atomic mass is 19.1. The number of hydrogen-bond acceptors (Lipinski definition) is 2. The number of halogens is 1. The van der Waals surface area contributed by atoms with Crippen molar-refractivity contribution in [3.8, 4) is 0 Å². The summed E-state index contributed by atoms with van der Waals surface area (Å²) in [5.41, 5.74) is 7.45. The quantitative estimate of drug-likeness (QED) is 0.499. The number of aliphatic imine (C=N–C) groups is 1. The number of hydrogen-bond donors (Lipinski definition) is 2. The van der Waals surface area contributed by atoms with Crippen molar-refractivity contribution in [2.24, 2.45) is 10.7 Å². The van der Waals surface area contributed by atoms with Crippen LogP contribution in [0, 0.1) is 5.82 Å². The van der Waals surface area contributed by atoms with Gasteiger partial charge in [-0.1, -0.05) is 31.7 Å². The Morgan fingerprint density at radius 1 is 1.32 bits per heavy atom. The van der Waals surface area contributed by atoms with Crippen LogP contribution in [-0.4, -0.2) is 19.1 Å². The second kappa shape index (κ2) is 8.73. The van der Waals surface area contributed by atoms with E-state index in [-0.39, 0.29) is 12.4 Å². The standard InChI is InChI=1S/C17H26FN3O/c1-22-12-14-10-13(8-9-16(14)18)11-20-17(19)21-15-6-4-2-3-5-7-15/h8-10,15H,2-7,11-12H2,1H3,(H3,19,20,21). The maximum absolute atomic E-state index is 13.6. The van der Waals surface area contributed by atoms with Gasteiger partial charge in [0.15, 0.2) is 5.96 Å². The van der Waals surface area contributed by atoms with Crippen LogP contribution in [0.1, 0.15) is 49.7 Å². The second-order valence-corrected chi connectivity index (χ2v) is 5.89. The van der Waals surface area contributed by atoms with E-state index in [1.54, 1.807) is 19.2 Å². The van der Waals surface area contributed by atoms with Gasteiger partial charge >= 0.3 is 0 Å². The van der Waals surface area contributed by atoms with Crippen LogP contribution < -0.4 is 11.1 Å². The van der Waals surface area contributed by atoms with Crippen LogP contribution >= 0.6 is 0 Å². The normalized spacial score (nSPS) is 17.3. The van der Waals surface area contributed by atoms with E-state index in [1.807, 2.05) is 0 Å². The van der Waals surface area contributed by atoms with Gasteiger partial charge in [-0.3, -0.25) is 0 Å². The molecule has 0 amide bonds. The zero-order valence-corrected chi connectivity index (χ0v) is 13.3. The number of ether oxygens (including phenoxy) is 1. The van der Waals surface area contributed by atoms with Crippen molar-refractivity contribution in [1.29, 1.82) is 0 Å². The monoisotopic (exact) mass is 307 g/mol. The molecule has 1 aliphatic carbocycles. The Hall–Kier alpha value is -1.62. The predicted molar refractivity (Wildman–Crippen MR) is 87.1 cm³/mol. The van der Waals surface area contributed by atoms with Crippen molar-refractivity contribution < 1.29 is 9.13 Å². The van der Waals surface area contributed by atoms with Crippen LogP contribution in [0.3, 0.4) is 0 Å². The highest BCUT2D eigenvalue weighted by Crippen LogP contribution is 2.17. The molecule has 2 rings (SSSR count). The number of nitrogens with two attached hydrogens (primary N) is 1. The number of benzene rings is 1. The molecule has 0 saturated heterocycles. The molecule has 0 bridgehead atoms. The highest BCUT2D eigenvalue weighted by molar-refractivity contribution is 5.78. The minimum Gasteiger partial charge on any atom is -0.380 e. The second-order valence-electron chi connectivity index (χ2n) is 5.89. The molecule has 5 heteroatoms. The lowest BCUT2D eigenvalue weighted by molar-refractivity contribution is 0.181. The van der Waals surface area contributed by atoms with E-state index in [0.717, 1.165) is 18.4 Å². The zero-order chi connectivity index (χ0) is 15.8. The average Bonchev–Trinajstić information content (AvgIpc) is 2.77. The first kappa shape index (κ1) is 16.7. The molecule has 0 aliphatic heterocycles. The summed E-state index contributed by atoms with van der Waals surface area (Å²) < 4.78 is 18.5. The van der Waals surface area contributed by atoms with Gasteiger partial charge in [-0.25, -0.2) is 9.38 Å². The fraction of sp³-hybridized carbons (Fsp3) is 0.588. The third-order valence-corrected chi connectivity index (χ3v) is 4.05. The van der Waals surface area contributed by atoms with Crippen molar-refractivity contribution >= 4 is 5.96 Å². The van der Waals surface area contributed by atoms with Crippen molar-refractivity contribution in [2.75, 3.05) is 7.11 Å². The Balaban J connectivity index is 1.90. The van der Waals surface area contributed by atoms with Gasteiger partial charge in [-0.15, -0.1) is 0 Å². The van der Waals surface area contributed by atoms with Crippen molar-refractivity contribution in [3.63, 3.8) is 0 Å². The minimum atomic E-state index is -0.251. The number of nitrogens with one attached hydrogen (secondary N) is 1. The Morgan fingerprint density at radius 3 is 2.73 bits per heavy atom. The predicted octanol–water partition coefficient (Wildman–Crippen LogP) is 3.10. The van der Waals surface area contributed by atoms with Crippen LogP contribution in [0.15, 0.2) is 23.2 Å². The van der Waals surface area contributed by atoms with E-state index in [2.05, 4.69) is 10.3 Å². The molecule has 1 aromatic carbocycles. The van der Waals surface area contributed by atoms with E-state index in [4.69, 9.17) is 10.5 Å². The van der Waals surface area contributed by atoms with Gasteiger partial charge in [0.25, 0.3) is 0 Å². The zero-order valence-electron chi connectivity index (χ0n) is 13.3. The van der Waals surface area contributed by atoms with E-state index in [0.29, 0.717) is 24.1 Å². The largest absolute Gasteiger partial charge is 0.380 e. The number of rotatable bonds is 5. The van der Waals surface area contributed by atoms with E-state index in [9.17, 15) is 4.39 Å². The lowest BCUT2D eigenvalue weighted by Gasteiger charge is -2.16. The summed E-state index contributed by atoms with van der Waals surface area (Å²) in [5, 5.41) is 3.31. The van der Waals surface area contributed by atoms with Crippen LogP contribution in [0.5, 0.6) is 0 Å². The molecular formula is C17H26FN3O. The average molecular weight is 307 g/mol. The van der Waals surface area contributed by atoms with Crippen LogP contribution in [0.25, 0.3) is 0 Å². The van der Waals surface area contributed by atoms with Crippen molar-refractivity contribution in [1.82, 2.24) is 5.32 Å². The highest BCUT2D eigenvalue weighted by Gasteiger charge is 2.12. The van der Waals surface area contributed by atoms with E-state index in [1.165, 1.54) is 31.7 Å². The maximum atomic E-state index is 13.6. The summed E-state index contributed by atoms with van der Waals surface area (Å²) in [6.07, 6.45) is 7.45. The Morgan fingerprint density at radius 2 is 2.05 bits per heavy atom. The number of guanidine groups is 1. The number of methoxy groups -OCH3 is 1. The SMILES string of the molecule is COCc1cc(CN=C(N)NC2CCCCCC2)ccc1F. The lowest BCUT2D eigenvalue weighted by Crippen LogP contribution is -2.39. The van der Waals surface area contributed by atoms with Gasteiger partial charge in [0.05, 0.1) is 13.2 Å². The summed E-state index contributed by atoms with van der Waals surface area (Å²) in [5.74, 6) is 0.226. The molecule has 3 N–H and O–H groups in total. The smallest absolute Gasteiger partial charge is 0.189 e. The minimum absolute atomic E-state index is 0.251. The third-order valence-electron chi connectivity index (χ3n) is 4.05. The molecule has 0 radical (unpaired) electrons. The fourth-order valence-electron chi connectivity index (χ4n) is 2.85. The van der Waals surface area contributed by atoms with E-state index < -0.39 is 0 Å². The van der Waals surface area contributed by atoms with Gasteiger partial charge in [0.2, 0.25) is 0 Å². The first-order valence-corrected chi connectivity index (χ1v) is 8.01. The van der Waals surface area contributed by atoms with E-state index >= 15 is 0 Å². The molecule has 0 aromatic heterocycles. The molecule has 1 saturated carbocycles. The molecule has 122 valence electrons. The molecule has 4 nitrogen and oxygen atoms in total. The third kappa shape index (κ3) is 5.30. The molecule has 0 unspecified atom stereocenters. The molecule has 0 atom stereocenters. The summed E-state index contributed by atoms with van der Waals surface area (Å²) >= 11 is 0. The fourth-order valence-corrected chi connectivity index (χ4v) is 2.85. The topological polar surface area (TPSA) is 59.6 Å². The van der Waals surface area contributed by atoms with Crippen molar-refractivity contribution in [2.45, 2.75) is 57.7 Å². The first-order chi connectivity index (χ1) is 10.7. The Kier molecular flexibility index (Phi) is 6.65. The van der Waals surface area contributed by atoms with Crippen LogP contribution in [0.2, 0.25) is 0 Å². The molecule has 1 fully saturated rings. The summed E-state index contributed by atoms with van der Waals surface area (Å²) in [6, 6.07) is 5.40. The Labute approximate surface area is 132 Å². The Bertz CT molecular complexity index is 497. The molecule has 0 spiro atoms. The van der Waals surface area contributed by atoms with Crippen LogP contribution in [-0.2, 0) is 17.9 Å². The van der Waals surface area contributed by atoms with Gasteiger partial charge in [-0.05, 0) is 30.5 Å². The van der Waals surface area contributed by atoms with Gasteiger partial charge in [0.1, 0.15) is 5.82 Å². The van der Waals surface area contributed by atoms with Gasteiger partial charge in [0, 0.05) is 18.7 Å². The maximum Gasteiger partial charge on any atom is 0.189 e. The van der Waals surface area contributed by atoms with Gasteiger partial charge in [-0.2, -0.15) is 0 Å². The molecule has 22 heavy (non-hydrogen) atoms. The molecule has 1 aliphatic rings. The lowest BCUT2D eigenvalue weighted by atomic mass is 10.1. The number of nitrogens with zero attached hydrogens (tertiary/aromatic N) is 1. The summed E-state index contributed by atoms with van der Waals surface area (Å²) in [7, 11) is 1.55. The molecular weight excluding hydrogens is 281 g/mol. The summed E-state index contributed by atoms with van der Waals surface area (Å²) in [4.78, 5) is 4.37. The molecule has 1 aromatic rings.